The first-order valence-electron chi connectivity index (χ1n) is 6.80. The highest BCUT2D eigenvalue weighted by atomic mass is 16.4. The number of ketones is 1. The molecule has 1 aromatic carbocycles. The third-order valence-electron chi connectivity index (χ3n) is 3.27. The predicted octanol–water partition coefficient (Wildman–Crippen LogP) is 2.52. The molecule has 1 unspecified atom stereocenters. The summed E-state index contributed by atoms with van der Waals surface area (Å²) in [6, 6.07) is 9.50. The molecule has 0 saturated carbocycles. The number of H-pyrrole nitrogens is 1. The lowest BCUT2D eigenvalue weighted by molar-refractivity contribution is -0.141. The van der Waals surface area contributed by atoms with Gasteiger partial charge in [0.05, 0.1) is 12.2 Å². The van der Waals surface area contributed by atoms with Crippen molar-refractivity contribution >= 4 is 11.8 Å². The van der Waals surface area contributed by atoms with Crippen LogP contribution >= 0.6 is 0 Å². The third-order valence-corrected chi connectivity index (χ3v) is 3.27. The van der Waals surface area contributed by atoms with Gasteiger partial charge in [-0.05, 0) is 24.8 Å². The molecule has 0 amide bonds. The average Bonchev–Trinajstić information content (AvgIpc) is 3.01. The van der Waals surface area contributed by atoms with Crippen molar-refractivity contribution in [1.82, 2.24) is 9.97 Å². The van der Waals surface area contributed by atoms with Gasteiger partial charge in [0.2, 0.25) is 0 Å². The number of benzene rings is 1. The van der Waals surface area contributed by atoms with Gasteiger partial charge in [-0.3, -0.25) is 9.59 Å². The zero-order valence-electron chi connectivity index (χ0n) is 11.5. The second-order valence-corrected chi connectivity index (χ2v) is 4.83. The quantitative estimate of drug-likeness (QED) is 0.730. The minimum Gasteiger partial charge on any atom is -0.481 e. The van der Waals surface area contributed by atoms with E-state index in [1.165, 1.54) is 18.9 Å². The van der Waals surface area contributed by atoms with Crippen molar-refractivity contribution in [1.29, 1.82) is 0 Å². The molecule has 0 aliphatic carbocycles. The molecule has 2 aromatic rings. The molecule has 1 heterocycles. The summed E-state index contributed by atoms with van der Waals surface area (Å²) in [5.74, 6) is -1.50. The first-order valence-corrected chi connectivity index (χ1v) is 6.80. The Bertz CT molecular complexity index is 579. The zero-order valence-corrected chi connectivity index (χ0v) is 11.5. The number of hydrogen-bond donors (Lipinski definition) is 2. The molecule has 0 aliphatic heterocycles. The summed E-state index contributed by atoms with van der Waals surface area (Å²) in [4.78, 5) is 29.6. The van der Waals surface area contributed by atoms with Crippen LogP contribution in [-0.4, -0.2) is 26.8 Å². The number of Topliss-reactive ketones (excluding diaryl/α,β-unsaturated/α-hetero) is 1. The fraction of sp³-hybridized carbons (Fsp3) is 0.250. The summed E-state index contributed by atoms with van der Waals surface area (Å²) in [6.45, 7) is 0. The van der Waals surface area contributed by atoms with E-state index in [1.807, 2.05) is 30.3 Å². The zero-order chi connectivity index (χ0) is 15.1. The summed E-state index contributed by atoms with van der Waals surface area (Å²) < 4.78 is 0. The number of imidazole rings is 1. The molecular weight excluding hydrogens is 268 g/mol. The molecule has 5 nitrogen and oxygen atoms in total. The molecule has 2 rings (SSSR count). The standard InChI is InChI=1S/C16H17N2O3/c19-15(14-10-17-11-18-14)8-4-7-13(16(20)21)9-12-5-2-1-3-6-12/h1-3,5-6,8,10-11,13H,4,7,9H2,(H,17,18)(H,20,21). The van der Waals surface area contributed by atoms with Gasteiger partial charge in [0.1, 0.15) is 5.69 Å². The Balaban J connectivity index is 1.83. The normalized spacial score (nSPS) is 12.0. The summed E-state index contributed by atoms with van der Waals surface area (Å²) in [7, 11) is 0. The van der Waals surface area contributed by atoms with Gasteiger partial charge >= 0.3 is 5.97 Å². The lowest BCUT2D eigenvalue weighted by atomic mass is 9.93. The van der Waals surface area contributed by atoms with Gasteiger partial charge in [0.15, 0.2) is 5.78 Å². The van der Waals surface area contributed by atoms with E-state index in [4.69, 9.17) is 0 Å². The van der Waals surface area contributed by atoms with Crippen LogP contribution < -0.4 is 0 Å². The molecule has 0 bridgehead atoms. The van der Waals surface area contributed by atoms with Crippen molar-refractivity contribution < 1.29 is 14.7 Å². The number of hydrogen-bond acceptors (Lipinski definition) is 3. The summed E-state index contributed by atoms with van der Waals surface area (Å²) in [5.41, 5.74) is 1.34. The van der Waals surface area contributed by atoms with Crippen LogP contribution in [0, 0.1) is 12.3 Å². The Morgan fingerprint density at radius 1 is 1.29 bits per heavy atom. The lowest BCUT2D eigenvalue weighted by Gasteiger charge is -2.11. The molecular formula is C16H17N2O3. The molecule has 1 radical (unpaired) electrons. The van der Waals surface area contributed by atoms with Crippen LogP contribution in [0.3, 0.4) is 0 Å². The molecule has 5 heteroatoms. The lowest BCUT2D eigenvalue weighted by Crippen LogP contribution is -2.17. The molecule has 0 aliphatic rings. The van der Waals surface area contributed by atoms with E-state index in [2.05, 4.69) is 9.97 Å². The number of nitrogens with zero attached hydrogens (tertiary/aromatic N) is 1. The number of carbonyl (C=O) groups is 2. The van der Waals surface area contributed by atoms with Crippen LogP contribution in [0.1, 0.15) is 28.9 Å². The van der Waals surface area contributed by atoms with Crippen molar-refractivity contribution in [3.05, 3.63) is 60.5 Å². The minimum atomic E-state index is -0.834. The smallest absolute Gasteiger partial charge is 0.306 e. The molecule has 109 valence electrons. The van der Waals surface area contributed by atoms with E-state index in [1.54, 1.807) is 0 Å². The maximum Gasteiger partial charge on any atom is 0.306 e. The van der Waals surface area contributed by atoms with Crippen molar-refractivity contribution in [2.45, 2.75) is 19.3 Å². The molecule has 21 heavy (non-hydrogen) atoms. The van der Waals surface area contributed by atoms with Crippen molar-refractivity contribution in [3.63, 3.8) is 0 Å². The molecule has 0 spiro atoms. The SMILES string of the molecule is O=C([CH]CCC(Cc1ccccc1)C(=O)O)c1c[nH]cn1. The van der Waals surface area contributed by atoms with E-state index >= 15 is 0 Å². The fourth-order valence-corrected chi connectivity index (χ4v) is 2.13. The van der Waals surface area contributed by atoms with Crippen LogP contribution in [0.15, 0.2) is 42.9 Å². The van der Waals surface area contributed by atoms with Crippen LogP contribution in [0.5, 0.6) is 0 Å². The largest absolute Gasteiger partial charge is 0.481 e. The first kappa shape index (κ1) is 15.0. The van der Waals surface area contributed by atoms with Gasteiger partial charge in [-0.2, -0.15) is 0 Å². The van der Waals surface area contributed by atoms with Crippen LogP contribution in [0.25, 0.3) is 0 Å². The number of carbonyl (C=O) groups excluding carboxylic acids is 1. The molecule has 1 atom stereocenters. The van der Waals surface area contributed by atoms with Gasteiger partial charge < -0.3 is 10.1 Å². The highest BCUT2D eigenvalue weighted by Gasteiger charge is 2.18. The number of nitrogens with one attached hydrogen (secondary N) is 1. The van der Waals surface area contributed by atoms with Gasteiger partial charge in [-0.25, -0.2) is 4.98 Å². The number of aliphatic carboxylic acids is 1. The molecule has 1 aromatic heterocycles. The Morgan fingerprint density at radius 2 is 2.05 bits per heavy atom. The number of rotatable bonds is 8. The number of carboxylic acids is 1. The Morgan fingerprint density at radius 3 is 2.67 bits per heavy atom. The first-order chi connectivity index (χ1) is 10.2. The van der Waals surface area contributed by atoms with Gasteiger partial charge in [0.25, 0.3) is 0 Å². The van der Waals surface area contributed by atoms with Gasteiger partial charge in [-0.1, -0.05) is 30.3 Å². The second kappa shape index (κ2) is 7.38. The van der Waals surface area contributed by atoms with E-state index in [0.29, 0.717) is 25.0 Å². The van der Waals surface area contributed by atoms with E-state index in [9.17, 15) is 14.7 Å². The summed E-state index contributed by atoms with van der Waals surface area (Å²) in [5, 5.41) is 9.27. The van der Waals surface area contributed by atoms with Crippen molar-refractivity contribution in [2.24, 2.45) is 5.92 Å². The second-order valence-electron chi connectivity index (χ2n) is 4.83. The summed E-state index contributed by atoms with van der Waals surface area (Å²) >= 11 is 0. The average molecular weight is 285 g/mol. The highest BCUT2D eigenvalue weighted by Crippen LogP contribution is 2.16. The van der Waals surface area contributed by atoms with Gasteiger partial charge in [-0.15, -0.1) is 0 Å². The highest BCUT2D eigenvalue weighted by molar-refractivity contribution is 6.00. The van der Waals surface area contributed by atoms with Gasteiger partial charge in [0, 0.05) is 12.6 Å². The van der Waals surface area contributed by atoms with Crippen LogP contribution in [0.4, 0.5) is 0 Å². The number of aromatic nitrogens is 2. The van der Waals surface area contributed by atoms with Crippen molar-refractivity contribution in [2.75, 3.05) is 0 Å². The van der Waals surface area contributed by atoms with Crippen molar-refractivity contribution in [3.8, 4) is 0 Å². The van der Waals surface area contributed by atoms with E-state index < -0.39 is 11.9 Å². The van der Waals surface area contributed by atoms with E-state index in [0.717, 1.165) is 5.56 Å². The maximum atomic E-state index is 11.7. The predicted molar refractivity (Wildman–Crippen MR) is 77.7 cm³/mol. The van der Waals surface area contributed by atoms with Crippen LogP contribution in [-0.2, 0) is 11.2 Å². The topological polar surface area (TPSA) is 83.0 Å². The fourth-order valence-electron chi connectivity index (χ4n) is 2.13. The third kappa shape index (κ3) is 4.56. The molecule has 0 saturated heterocycles. The monoisotopic (exact) mass is 285 g/mol. The molecule has 2 N–H and O–H groups in total. The Labute approximate surface area is 123 Å². The Hall–Kier alpha value is -2.43. The maximum absolute atomic E-state index is 11.7. The summed E-state index contributed by atoms with van der Waals surface area (Å²) in [6.07, 6.45) is 5.79. The van der Waals surface area contributed by atoms with E-state index in [-0.39, 0.29) is 5.78 Å². The Kier molecular flexibility index (Phi) is 5.26. The number of aromatic amines is 1. The number of carboxylic acid groups (broad SMARTS) is 1. The van der Waals surface area contributed by atoms with Crippen LogP contribution in [0.2, 0.25) is 0 Å². The molecule has 0 fully saturated rings. The minimum absolute atomic E-state index is 0.180.